The van der Waals surface area contributed by atoms with E-state index in [1.807, 2.05) is 24.3 Å². The van der Waals surface area contributed by atoms with Crippen LogP contribution < -0.4 is 5.32 Å². The van der Waals surface area contributed by atoms with Crippen LogP contribution in [0.25, 0.3) is 0 Å². The van der Waals surface area contributed by atoms with Crippen molar-refractivity contribution in [1.29, 1.82) is 0 Å². The van der Waals surface area contributed by atoms with Gasteiger partial charge in [-0.2, -0.15) is 0 Å². The van der Waals surface area contributed by atoms with E-state index in [1.54, 1.807) is 0 Å². The number of amides is 1. The number of carbonyl (C=O) groups excluding carboxylic acids is 1. The SMILES string of the molecule is CCN1CCN(CCCNC(=O)c2cccc(I)c2)CC1. The van der Waals surface area contributed by atoms with Crippen molar-refractivity contribution in [1.82, 2.24) is 15.1 Å². The number of hydrogen-bond donors (Lipinski definition) is 1. The lowest BCUT2D eigenvalue weighted by Gasteiger charge is -2.33. The van der Waals surface area contributed by atoms with E-state index in [0.29, 0.717) is 0 Å². The summed E-state index contributed by atoms with van der Waals surface area (Å²) in [5, 5.41) is 3.01. The number of benzene rings is 1. The number of rotatable bonds is 6. The topological polar surface area (TPSA) is 35.6 Å². The van der Waals surface area contributed by atoms with Crippen LogP contribution in [-0.2, 0) is 0 Å². The second-order valence-electron chi connectivity index (χ2n) is 5.40. The highest BCUT2D eigenvalue weighted by atomic mass is 127. The molecule has 0 bridgehead atoms. The van der Waals surface area contributed by atoms with Crippen LogP contribution in [0, 0.1) is 3.57 Å². The fraction of sp³-hybridized carbons (Fsp3) is 0.562. The average molecular weight is 401 g/mol. The smallest absolute Gasteiger partial charge is 0.251 e. The van der Waals surface area contributed by atoms with Gasteiger partial charge in [0.2, 0.25) is 0 Å². The molecular weight excluding hydrogens is 377 g/mol. The molecule has 116 valence electrons. The van der Waals surface area contributed by atoms with E-state index >= 15 is 0 Å². The zero-order valence-electron chi connectivity index (χ0n) is 12.6. The zero-order valence-corrected chi connectivity index (χ0v) is 14.8. The minimum atomic E-state index is 0.0318. The molecule has 1 amide bonds. The van der Waals surface area contributed by atoms with Crippen LogP contribution in [0.4, 0.5) is 0 Å². The molecule has 4 nitrogen and oxygen atoms in total. The van der Waals surface area contributed by atoms with Gasteiger partial charge in [-0.3, -0.25) is 4.79 Å². The molecule has 1 aliphatic heterocycles. The molecule has 21 heavy (non-hydrogen) atoms. The lowest BCUT2D eigenvalue weighted by molar-refractivity contribution is 0.0948. The summed E-state index contributed by atoms with van der Waals surface area (Å²) in [5.74, 6) is 0.0318. The van der Waals surface area contributed by atoms with E-state index < -0.39 is 0 Å². The number of nitrogens with one attached hydrogen (secondary N) is 1. The van der Waals surface area contributed by atoms with Gasteiger partial charge < -0.3 is 15.1 Å². The van der Waals surface area contributed by atoms with Gasteiger partial charge in [-0.1, -0.05) is 13.0 Å². The minimum Gasteiger partial charge on any atom is -0.352 e. The van der Waals surface area contributed by atoms with Crippen molar-refractivity contribution >= 4 is 28.5 Å². The van der Waals surface area contributed by atoms with Crippen LogP contribution in [0.5, 0.6) is 0 Å². The Kier molecular flexibility index (Phi) is 6.92. The molecular formula is C16H24IN3O. The third-order valence-electron chi connectivity index (χ3n) is 3.94. The van der Waals surface area contributed by atoms with Crippen molar-refractivity contribution in [2.75, 3.05) is 45.8 Å². The predicted molar refractivity (Wildman–Crippen MR) is 94.7 cm³/mol. The van der Waals surface area contributed by atoms with Gasteiger partial charge in [-0.25, -0.2) is 0 Å². The molecule has 0 radical (unpaired) electrons. The normalized spacial score (nSPS) is 16.9. The van der Waals surface area contributed by atoms with Crippen LogP contribution in [-0.4, -0.2) is 61.5 Å². The molecule has 0 saturated carbocycles. The molecule has 1 fully saturated rings. The number of halogens is 1. The maximum absolute atomic E-state index is 12.0. The highest BCUT2D eigenvalue weighted by molar-refractivity contribution is 14.1. The Morgan fingerprint density at radius 2 is 1.95 bits per heavy atom. The van der Waals surface area contributed by atoms with Crippen LogP contribution in [0.1, 0.15) is 23.7 Å². The summed E-state index contributed by atoms with van der Waals surface area (Å²) >= 11 is 2.23. The number of piperazine rings is 1. The summed E-state index contributed by atoms with van der Waals surface area (Å²) in [7, 11) is 0. The highest BCUT2D eigenvalue weighted by Gasteiger charge is 2.14. The van der Waals surface area contributed by atoms with Gasteiger partial charge in [-0.15, -0.1) is 0 Å². The van der Waals surface area contributed by atoms with E-state index in [4.69, 9.17) is 0 Å². The maximum Gasteiger partial charge on any atom is 0.251 e. The Morgan fingerprint density at radius 1 is 1.24 bits per heavy atom. The third kappa shape index (κ3) is 5.56. The molecule has 1 heterocycles. The Hall–Kier alpha value is -0.660. The molecule has 2 rings (SSSR count). The molecule has 0 aromatic heterocycles. The van der Waals surface area contributed by atoms with Gasteiger partial charge in [0.05, 0.1) is 0 Å². The lowest BCUT2D eigenvalue weighted by Crippen LogP contribution is -2.46. The fourth-order valence-corrected chi connectivity index (χ4v) is 3.11. The highest BCUT2D eigenvalue weighted by Crippen LogP contribution is 2.07. The van der Waals surface area contributed by atoms with E-state index in [0.717, 1.165) is 48.3 Å². The zero-order chi connectivity index (χ0) is 15.1. The molecule has 1 aromatic carbocycles. The van der Waals surface area contributed by atoms with E-state index in [9.17, 15) is 4.79 Å². The molecule has 5 heteroatoms. The van der Waals surface area contributed by atoms with Crippen molar-refractivity contribution in [2.45, 2.75) is 13.3 Å². The molecule has 0 atom stereocenters. The van der Waals surface area contributed by atoms with Gasteiger partial charge in [0.1, 0.15) is 0 Å². The summed E-state index contributed by atoms with van der Waals surface area (Å²) in [6.45, 7) is 9.84. The Labute approximate surface area is 141 Å². The average Bonchev–Trinajstić information content (AvgIpc) is 2.52. The van der Waals surface area contributed by atoms with Gasteiger partial charge in [-0.05, 0) is 60.3 Å². The van der Waals surface area contributed by atoms with Gasteiger partial charge >= 0.3 is 0 Å². The van der Waals surface area contributed by atoms with Crippen LogP contribution >= 0.6 is 22.6 Å². The first-order chi connectivity index (χ1) is 10.2. The molecule has 1 aromatic rings. The van der Waals surface area contributed by atoms with Crippen LogP contribution in [0.15, 0.2) is 24.3 Å². The van der Waals surface area contributed by atoms with Crippen molar-refractivity contribution in [3.05, 3.63) is 33.4 Å². The molecule has 1 saturated heterocycles. The lowest BCUT2D eigenvalue weighted by atomic mass is 10.2. The second-order valence-corrected chi connectivity index (χ2v) is 6.64. The van der Waals surface area contributed by atoms with Gasteiger partial charge in [0.15, 0.2) is 0 Å². The number of hydrogen-bond acceptors (Lipinski definition) is 3. The van der Waals surface area contributed by atoms with E-state index in [1.165, 1.54) is 13.1 Å². The standard InChI is InChI=1S/C16H24IN3O/c1-2-19-9-11-20(12-10-19)8-4-7-18-16(21)14-5-3-6-15(17)13-14/h3,5-6,13H,2,4,7-12H2,1H3,(H,18,21). The van der Waals surface area contributed by atoms with Crippen LogP contribution in [0.3, 0.4) is 0 Å². The van der Waals surface area contributed by atoms with Crippen molar-refractivity contribution in [2.24, 2.45) is 0 Å². The quantitative estimate of drug-likeness (QED) is 0.586. The summed E-state index contributed by atoms with van der Waals surface area (Å²) in [6.07, 6.45) is 1.02. The van der Waals surface area contributed by atoms with Crippen molar-refractivity contribution in [3.8, 4) is 0 Å². The van der Waals surface area contributed by atoms with E-state index in [-0.39, 0.29) is 5.91 Å². The van der Waals surface area contributed by atoms with Gasteiger partial charge in [0, 0.05) is 41.9 Å². The second kappa shape index (κ2) is 8.70. The van der Waals surface area contributed by atoms with Gasteiger partial charge in [0.25, 0.3) is 5.91 Å². The molecule has 1 N–H and O–H groups in total. The summed E-state index contributed by atoms with van der Waals surface area (Å²) in [4.78, 5) is 17.0. The first-order valence-corrected chi connectivity index (χ1v) is 8.75. The summed E-state index contributed by atoms with van der Waals surface area (Å²) in [6, 6.07) is 7.69. The maximum atomic E-state index is 12.0. The molecule has 1 aliphatic rings. The number of carbonyl (C=O) groups is 1. The number of likely N-dealkylation sites (N-methyl/N-ethyl adjacent to an activating group) is 1. The Bertz CT molecular complexity index is 459. The summed E-state index contributed by atoms with van der Waals surface area (Å²) in [5.41, 5.74) is 0.749. The fourth-order valence-electron chi connectivity index (χ4n) is 2.57. The Morgan fingerprint density at radius 3 is 2.62 bits per heavy atom. The monoisotopic (exact) mass is 401 g/mol. The first-order valence-electron chi connectivity index (χ1n) is 7.67. The first kappa shape index (κ1) is 16.7. The van der Waals surface area contributed by atoms with E-state index in [2.05, 4.69) is 44.6 Å². The molecule has 0 aliphatic carbocycles. The summed E-state index contributed by atoms with van der Waals surface area (Å²) < 4.78 is 1.09. The number of nitrogens with zero attached hydrogens (tertiary/aromatic N) is 2. The minimum absolute atomic E-state index is 0.0318. The van der Waals surface area contributed by atoms with Crippen LogP contribution in [0.2, 0.25) is 0 Å². The van der Waals surface area contributed by atoms with Crippen molar-refractivity contribution < 1.29 is 4.79 Å². The third-order valence-corrected chi connectivity index (χ3v) is 4.61. The molecule has 0 unspecified atom stereocenters. The Balaban J connectivity index is 1.63. The predicted octanol–water partition coefficient (Wildman–Crippen LogP) is 2.05. The molecule has 0 spiro atoms. The largest absolute Gasteiger partial charge is 0.352 e. The van der Waals surface area contributed by atoms with Crippen molar-refractivity contribution in [3.63, 3.8) is 0 Å².